The molecule has 1 aromatic heterocycles. The Morgan fingerprint density at radius 3 is 2.83 bits per heavy atom. The van der Waals surface area contributed by atoms with E-state index in [-0.39, 0.29) is 17.2 Å². The van der Waals surface area contributed by atoms with Crippen molar-refractivity contribution in [2.45, 2.75) is 25.7 Å². The van der Waals surface area contributed by atoms with Crippen molar-refractivity contribution in [1.29, 1.82) is 0 Å². The Morgan fingerprint density at radius 1 is 1.33 bits per heavy atom. The molecule has 1 aromatic carbocycles. The standard InChI is InChI=1S/C19H19N3O2/c1-12(13-5-4-8-20-11-13)18(24)21-14-6-7-15-16(9-14)22-17(23)10-19(15,2)3/h4-9,11H,1,10H2,2-3H3,(H,21,24)(H,22,23). The molecule has 122 valence electrons. The van der Waals surface area contributed by atoms with Gasteiger partial charge in [0.15, 0.2) is 0 Å². The number of amides is 2. The van der Waals surface area contributed by atoms with Gasteiger partial charge >= 0.3 is 0 Å². The van der Waals surface area contributed by atoms with Crippen LogP contribution in [0, 0.1) is 0 Å². The number of fused-ring (bicyclic) bond motifs is 1. The van der Waals surface area contributed by atoms with E-state index in [0.29, 0.717) is 23.2 Å². The lowest BCUT2D eigenvalue weighted by molar-refractivity contribution is -0.117. The third-order valence-electron chi connectivity index (χ3n) is 4.17. The largest absolute Gasteiger partial charge is 0.326 e. The van der Waals surface area contributed by atoms with E-state index in [1.165, 1.54) is 0 Å². The highest BCUT2D eigenvalue weighted by Crippen LogP contribution is 2.38. The highest BCUT2D eigenvalue weighted by Gasteiger charge is 2.31. The van der Waals surface area contributed by atoms with Crippen LogP contribution < -0.4 is 10.6 Å². The fourth-order valence-corrected chi connectivity index (χ4v) is 2.89. The van der Waals surface area contributed by atoms with Crippen LogP contribution in [0.5, 0.6) is 0 Å². The average Bonchev–Trinajstić information content (AvgIpc) is 2.53. The molecule has 0 saturated carbocycles. The van der Waals surface area contributed by atoms with E-state index in [9.17, 15) is 9.59 Å². The van der Waals surface area contributed by atoms with E-state index in [1.807, 2.05) is 26.0 Å². The summed E-state index contributed by atoms with van der Waals surface area (Å²) in [6, 6.07) is 9.10. The van der Waals surface area contributed by atoms with Gasteiger partial charge in [-0.3, -0.25) is 14.6 Å². The smallest absolute Gasteiger partial charge is 0.255 e. The number of rotatable bonds is 3. The Labute approximate surface area is 140 Å². The summed E-state index contributed by atoms with van der Waals surface area (Å²) in [7, 11) is 0. The van der Waals surface area contributed by atoms with Crippen LogP contribution in [0.2, 0.25) is 0 Å². The lowest BCUT2D eigenvalue weighted by Crippen LogP contribution is -2.32. The van der Waals surface area contributed by atoms with E-state index in [1.54, 1.807) is 30.6 Å². The molecule has 1 aliphatic heterocycles. The van der Waals surface area contributed by atoms with Gasteiger partial charge in [-0.2, -0.15) is 0 Å². The van der Waals surface area contributed by atoms with Crippen LogP contribution in [-0.2, 0) is 15.0 Å². The Morgan fingerprint density at radius 2 is 2.12 bits per heavy atom. The maximum absolute atomic E-state index is 12.3. The van der Waals surface area contributed by atoms with Gasteiger partial charge in [0, 0.05) is 46.7 Å². The Balaban J connectivity index is 1.82. The van der Waals surface area contributed by atoms with Gasteiger partial charge in [-0.25, -0.2) is 0 Å². The van der Waals surface area contributed by atoms with Gasteiger partial charge in [-0.15, -0.1) is 0 Å². The maximum atomic E-state index is 12.3. The fraction of sp³-hybridized carbons (Fsp3) is 0.211. The predicted molar refractivity (Wildman–Crippen MR) is 94.6 cm³/mol. The molecular formula is C19H19N3O2. The number of nitrogens with zero attached hydrogens (tertiary/aromatic N) is 1. The minimum Gasteiger partial charge on any atom is -0.326 e. The first-order chi connectivity index (χ1) is 11.4. The summed E-state index contributed by atoms with van der Waals surface area (Å²) in [5.41, 5.74) is 3.20. The number of carbonyl (C=O) groups is 2. The Bertz CT molecular complexity index is 826. The third kappa shape index (κ3) is 3.06. The first-order valence-electron chi connectivity index (χ1n) is 7.72. The molecule has 0 saturated heterocycles. The van der Waals surface area contributed by atoms with Gasteiger partial charge < -0.3 is 10.6 Å². The first-order valence-corrected chi connectivity index (χ1v) is 7.72. The van der Waals surface area contributed by atoms with Crippen LogP contribution in [-0.4, -0.2) is 16.8 Å². The summed E-state index contributed by atoms with van der Waals surface area (Å²) in [5.74, 6) is -0.319. The molecule has 0 aliphatic carbocycles. The first kappa shape index (κ1) is 15.9. The number of hydrogen-bond donors (Lipinski definition) is 2. The van der Waals surface area contributed by atoms with Crippen LogP contribution in [0.4, 0.5) is 11.4 Å². The number of benzene rings is 1. The van der Waals surface area contributed by atoms with Crippen LogP contribution in [0.25, 0.3) is 5.57 Å². The van der Waals surface area contributed by atoms with Crippen molar-refractivity contribution < 1.29 is 9.59 Å². The van der Waals surface area contributed by atoms with Crippen molar-refractivity contribution in [2.24, 2.45) is 0 Å². The zero-order valence-corrected chi connectivity index (χ0v) is 13.7. The monoisotopic (exact) mass is 321 g/mol. The molecule has 0 unspecified atom stereocenters. The molecule has 0 atom stereocenters. The molecule has 1 aliphatic rings. The molecular weight excluding hydrogens is 302 g/mol. The molecule has 5 nitrogen and oxygen atoms in total. The highest BCUT2D eigenvalue weighted by molar-refractivity contribution is 6.24. The summed E-state index contributed by atoms with van der Waals surface area (Å²) >= 11 is 0. The Kier molecular flexibility index (Phi) is 3.93. The van der Waals surface area contributed by atoms with Crippen molar-refractivity contribution in [2.75, 3.05) is 10.6 Å². The maximum Gasteiger partial charge on any atom is 0.255 e. The second kappa shape index (κ2) is 5.92. The fourth-order valence-electron chi connectivity index (χ4n) is 2.89. The minimum atomic E-state index is -0.302. The molecule has 0 radical (unpaired) electrons. The van der Waals surface area contributed by atoms with Gasteiger partial charge in [-0.05, 0) is 23.8 Å². The minimum absolute atomic E-state index is 0.0178. The van der Waals surface area contributed by atoms with Crippen molar-refractivity contribution in [3.8, 4) is 0 Å². The molecule has 0 bridgehead atoms. The van der Waals surface area contributed by atoms with Crippen LogP contribution in [0.3, 0.4) is 0 Å². The Hall–Kier alpha value is -2.95. The summed E-state index contributed by atoms with van der Waals surface area (Å²) in [5, 5.41) is 5.68. The normalized spacial score (nSPS) is 15.2. The lowest BCUT2D eigenvalue weighted by atomic mass is 9.78. The van der Waals surface area contributed by atoms with Crippen molar-refractivity contribution in [3.05, 3.63) is 60.4 Å². The molecule has 0 fully saturated rings. The van der Waals surface area contributed by atoms with E-state index in [4.69, 9.17) is 0 Å². The van der Waals surface area contributed by atoms with E-state index in [2.05, 4.69) is 22.2 Å². The zero-order chi connectivity index (χ0) is 17.3. The van der Waals surface area contributed by atoms with Crippen molar-refractivity contribution in [1.82, 2.24) is 4.98 Å². The zero-order valence-electron chi connectivity index (χ0n) is 13.7. The number of carbonyl (C=O) groups excluding carboxylic acids is 2. The molecule has 2 heterocycles. The quantitative estimate of drug-likeness (QED) is 0.852. The molecule has 24 heavy (non-hydrogen) atoms. The molecule has 5 heteroatoms. The molecule has 2 N–H and O–H groups in total. The van der Waals surface area contributed by atoms with Crippen LogP contribution in [0.1, 0.15) is 31.4 Å². The van der Waals surface area contributed by atoms with Crippen molar-refractivity contribution >= 4 is 28.8 Å². The second-order valence-electron chi connectivity index (χ2n) is 6.54. The SMILES string of the molecule is C=C(C(=O)Nc1ccc2c(c1)NC(=O)CC2(C)C)c1cccnc1. The summed E-state index contributed by atoms with van der Waals surface area (Å²) < 4.78 is 0. The van der Waals surface area contributed by atoms with Gasteiger partial charge in [0.1, 0.15) is 0 Å². The summed E-state index contributed by atoms with van der Waals surface area (Å²) in [4.78, 5) is 28.2. The van der Waals surface area contributed by atoms with Gasteiger partial charge in [0.2, 0.25) is 5.91 Å². The average molecular weight is 321 g/mol. The van der Waals surface area contributed by atoms with Crippen molar-refractivity contribution in [3.63, 3.8) is 0 Å². The lowest BCUT2D eigenvalue weighted by Gasteiger charge is -2.32. The second-order valence-corrected chi connectivity index (χ2v) is 6.54. The van der Waals surface area contributed by atoms with Crippen LogP contribution >= 0.6 is 0 Å². The molecule has 2 aromatic rings. The van der Waals surface area contributed by atoms with E-state index < -0.39 is 0 Å². The highest BCUT2D eigenvalue weighted by atomic mass is 16.2. The molecule has 2 amide bonds. The predicted octanol–water partition coefficient (Wildman–Crippen LogP) is 3.35. The van der Waals surface area contributed by atoms with E-state index >= 15 is 0 Å². The number of hydrogen-bond acceptors (Lipinski definition) is 3. The van der Waals surface area contributed by atoms with Gasteiger partial charge in [0.05, 0.1) is 0 Å². The van der Waals surface area contributed by atoms with Gasteiger partial charge in [-0.1, -0.05) is 32.6 Å². The number of anilines is 2. The summed E-state index contributed by atoms with van der Waals surface area (Å²) in [6.07, 6.45) is 3.68. The number of aromatic nitrogens is 1. The summed E-state index contributed by atoms with van der Waals surface area (Å²) in [6.45, 7) is 7.89. The number of nitrogens with one attached hydrogen (secondary N) is 2. The number of pyridine rings is 1. The van der Waals surface area contributed by atoms with E-state index in [0.717, 1.165) is 11.3 Å². The van der Waals surface area contributed by atoms with Crippen LogP contribution in [0.15, 0.2) is 49.3 Å². The topological polar surface area (TPSA) is 71.1 Å². The molecule has 0 spiro atoms. The van der Waals surface area contributed by atoms with Gasteiger partial charge in [0.25, 0.3) is 5.91 Å². The third-order valence-corrected chi connectivity index (χ3v) is 4.17. The molecule has 3 rings (SSSR count).